The van der Waals surface area contributed by atoms with Crippen LogP contribution in [0.15, 0.2) is 24.3 Å². The van der Waals surface area contributed by atoms with Crippen LogP contribution in [-0.2, 0) is 9.84 Å². The van der Waals surface area contributed by atoms with Crippen molar-refractivity contribution in [3.63, 3.8) is 0 Å². The van der Waals surface area contributed by atoms with Crippen LogP contribution < -0.4 is 0 Å². The first-order valence-corrected chi connectivity index (χ1v) is 6.80. The fourth-order valence-corrected chi connectivity index (χ4v) is 1.92. The second-order valence-electron chi connectivity index (χ2n) is 3.83. The summed E-state index contributed by atoms with van der Waals surface area (Å²) in [6.45, 7) is 1.39. The molecular formula is C10H13NO5S. The Balaban J connectivity index is 2.98. The highest BCUT2D eigenvalue weighted by molar-refractivity contribution is 7.91. The summed E-state index contributed by atoms with van der Waals surface area (Å²) in [5.74, 6) is 0. The van der Waals surface area contributed by atoms with E-state index in [9.17, 15) is 23.6 Å². The molecule has 94 valence electrons. The molecule has 0 heterocycles. The van der Waals surface area contributed by atoms with Crippen molar-refractivity contribution in [1.29, 1.82) is 0 Å². The molecule has 1 aromatic carbocycles. The number of hydrogen-bond donors (Lipinski definition) is 1. The third-order valence-electron chi connectivity index (χ3n) is 2.57. The van der Waals surface area contributed by atoms with Crippen LogP contribution in [0.1, 0.15) is 18.6 Å². The number of hydrogen-bond acceptors (Lipinski definition) is 5. The average molecular weight is 259 g/mol. The maximum atomic E-state index is 11.3. The third-order valence-corrected chi connectivity index (χ3v) is 4.17. The first-order chi connectivity index (χ1) is 7.73. The van der Waals surface area contributed by atoms with E-state index in [1.54, 1.807) is 0 Å². The van der Waals surface area contributed by atoms with E-state index in [-0.39, 0.29) is 5.69 Å². The molecule has 0 aromatic heterocycles. The van der Waals surface area contributed by atoms with E-state index in [1.165, 1.54) is 31.2 Å². The number of nitrogens with zero attached hydrogens (tertiary/aromatic N) is 1. The van der Waals surface area contributed by atoms with Gasteiger partial charge in [-0.05, 0) is 24.6 Å². The van der Waals surface area contributed by atoms with Crippen LogP contribution in [0.2, 0.25) is 0 Å². The van der Waals surface area contributed by atoms with Crippen LogP contribution in [0.25, 0.3) is 0 Å². The standard InChI is InChI=1S/C10H13NO5S/c1-7(17(2,15)16)10(12)8-3-5-9(6-4-8)11(13)14/h3-7,10,12H,1-2H3/t7-,10-/m1/s1. The molecule has 1 N–H and O–H groups in total. The highest BCUT2D eigenvalue weighted by Gasteiger charge is 2.25. The Kier molecular flexibility index (Phi) is 3.84. The quantitative estimate of drug-likeness (QED) is 0.644. The zero-order chi connectivity index (χ0) is 13.2. The minimum absolute atomic E-state index is 0.104. The Morgan fingerprint density at radius 2 is 1.76 bits per heavy atom. The number of aliphatic hydroxyl groups excluding tert-OH is 1. The first kappa shape index (κ1) is 13.6. The summed E-state index contributed by atoms with van der Waals surface area (Å²) in [6.07, 6.45) is -0.155. The number of non-ortho nitro benzene ring substituents is 1. The van der Waals surface area contributed by atoms with E-state index in [0.29, 0.717) is 5.56 Å². The highest BCUT2D eigenvalue weighted by Crippen LogP contribution is 2.23. The number of nitro groups is 1. The van der Waals surface area contributed by atoms with Gasteiger partial charge in [-0.15, -0.1) is 0 Å². The predicted molar refractivity (Wildman–Crippen MR) is 62.4 cm³/mol. The van der Waals surface area contributed by atoms with Crippen molar-refractivity contribution in [2.45, 2.75) is 18.3 Å². The van der Waals surface area contributed by atoms with E-state index in [4.69, 9.17) is 0 Å². The molecule has 0 fully saturated rings. The smallest absolute Gasteiger partial charge is 0.269 e. The van der Waals surface area contributed by atoms with Crippen molar-refractivity contribution in [2.24, 2.45) is 0 Å². The number of benzene rings is 1. The van der Waals surface area contributed by atoms with Crippen molar-refractivity contribution < 1.29 is 18.4 Å². The molecule has 0 spiro atoms. The molecule has 0 bridgehead atoms. The lowest BCUT2D eigenvalue weighted by atomic mass is 10.1. The zero-order valence-corrected chi connectivity index (χ0v) is 10.2. The molecule has 0 saturated carbocycles. The van der Waals surface area contributed by atoms with Gasteiger partial charge in [-0.1, -0.05) is 0 Å². The first-order valence-electron chi connectivity index (χ1n) is 4.84. The summed E-state index contributed by atoms with van der Waals surface area (Å²) < 4.78 is 22.5. The van der Waals surface area contributed by atoms with Crippen LogP contribution in [0.3, 0.4) is 0 Å². The van der Waals surface area contributed by atoms with E-state index < -0.39 is 26.1 Å². The largest absolute Gasteiger partial charge is 0.387 e. The molecule has 0 radical (unpaired) electrons. The topological polar surface area (TPSA) is 97.5 Å². The van der Waals surface area contributed by atoms with Gasteiger partial charge in [-0.2, -0.15) is 0 Å². The van der Waals surface area contributed by atoms with E-state index in [2.05, 4.69) is 0 Å². The third kappa shape index (κ3) is 3.24. The van der Waals surface area contributed by atoms with Gasteiger partial charge in [0.25, 0.3) is 5.69 Å². The van der Waals surface area contributed by atoms with Crippen molar-refractivity contribution in [3.8, 4) is 0 Å². The fraction of sp³-hybridized carbons (Fsp3) is 0.400. The molecule has 0 saturated heterocycles. The van der Waals surface area contributed by atoms with Crippen LogP contribution in [0.5, 0.6) is 0 Å². The lowest BCUT2D eigenvalue weighted by Crippen LogP contribution is -2.24. The Hall–Kier alpha value is -1.47. The van der Waals surface area contributed by atoms with E-state index in [0.717, 1.165) is 6.26 Å². The minimum Gasteiger partial charge on any atom is -0.387 e. The van der Waals surface area contributed by atoms with Crippen LogP contribution in [0, 0.1) is 10.1 Å². The van der Waals surface area contributed by atoms with Crippen molar-refractivity contribution in [3.05, 3.63) is 39.9 Å². The van der Waals surface area contributed by atoms with E-state index in [1.807, 2.05) is 0 Å². The van der Waals surface area contributed by atoms with Gasteiger partial charge >= 0.3 is 0 Å². The Morgan fingerprint density at radius 3 is 2.12 bits per heavy atom. The number of nitro benzene ring substituents is 1. The molecule has 0 aliphatic rings. The molecule has 2 atom stereocenters. The molecule has 17 heavy (non-hydrogen) atoms. The average Bonchev–Trinajstić information content (AvgIpc) is 2.26. The van der Waals surface area contributed by atoms with Crippen molar-refractivity contribution in [2.75, 3.05) is 6.26 Å². The maximum Gasteiger partial charge on any atom is 0.269 e. The van der Waals surface area contributed by atoms with Gasteiger partial charge in [-0.3, -0.25) is 10.1 Å². The summed E-state index contributed by atoms with van der Waals surface area (Å²) in [5, 5.41) is 19.3. The van der Waals surface area contributed by atoms with Crippen LogP contribution in [-0.4, -0.2) is 30.0 Å². The maximum absolute atomic E-state index is 11.3. The lowest BCUT2D eigenvalue weighted by molar-refractivity contribution is -0.384. The summed E-state index contributed by atoms with van der Waals surface area (Å²) in [6, 6.07) is 5.16. The molecule has 7 heteroatoms. The lowest BCUT2D eigenvalue weighted by Gasteiger charge is -2.17. The van der Waals surface area contributed by atoms with Gasteiger partial charge in [-0.25, -0.2) is 8.42 Å². The van der Waals surface area contributed by atoms with Crippen LogP contribution >= 0.6 is 0 Å². The van der Waals surface area contributed by atoms with Gasteiger partial charge in [0, 0.05) is 18.4 Å². The molecule has 6 nitrogen and oxygen atoms in total. The molecule has 0 amide bonds. The summed E-state index contributed by atoms with van der Waals surface area (Å²) in [7, 11) is -3.36. The van der Waals surface area contributed by atoms with Gasteiger partial charge < -0.3 is 5.11 Å². The zero-order valence-electron chi connectivity index (χ0n) is 9.40. The fourth-order valence-electron chi connectivity index (χ4n) is 1.30. The summed E-state index contributed by atoms with van der Waals surface area (Å²) in [5.41, 5.74) is 0.237. The molecular weight excluding hydrogens is 246 g/mol. The number of rotatable bonds is 4. The molecule has 0 aliphatic carbocycles. The van der Waals surface area contributed by atoms with E-state index >= 15 is 0 Å². The van der Waals surface area contributed by atoms with Crippen molar-refractivity contribution >= 4 is 15.5 Å². The SMILES string of the molecule is C[C@H]([C@@H](O)c1ccc([N+](=O)[O-])cc1)S(C)(=O)=O. The second kappa shape index (κ2) is 4.80. The Labute approximate surface area is 99.0 Å². The van der Waals surface area contributed by atoms with Crippen LogP contribution in [0.4, 0.5) is 5.69 Å². The van der Waals surface area contributed by atoms with Gasteiger partial charge in [0.2, 0.25) is 0 Å². The molecule has 0 unspecified atom stereocenters. The van der Waals surface area contributed by atoms with Gasteiger partial charge in [0.05, 0.1) is 16.3 Å². The second-order valence-corrected chi connectivity index (χ2v) is 6.23. The summed E-state index contributed by atoms with van der Waals surface area (Å²) >= 11 is 0. The molecule has 1 aromatic rings. The normalized spacial score (nSPS) is 15.2. The van der Waals surface area contributed by atoms with Gasteiger partial charge in [0.15, 0.2) is 9.84 Å². The Bertz CT molecular complexity index is 508. The molecule has 0 aliphatic heterocycles. The number of aliphatic hydroxyl groups is 1. The highest BCUT2D eigenvalue weighted by atomic mass is 32.2. The Morgan fingerprint density at radius 1 is 1.29 bits per heavy atom. The minimum atomic E-state index is -3.36. The number of sulfone groups is 1. The van der Waals surface area contributed by atoms with Gasteiger partial charge in [0.1, 0.15) is 0 Å². The van der Waals surface area contributed by atoms with Crippen molar-refractivity contribution in [1.82, 2.24) is 0 Å². The monoisotopic (exact) mass is 259 g/mol. The predicted octanol–water partition coefficient (Wildman–Crippen LogP) is 1.06. The molecule has 1 rings (SSSR count). The summed E-state index contributed by atoms with van der Waals surface area (Å²) in [4.78, 5) is 9.86.